The highest BCUT2D eigenvalue weighted by Crippen LogP contribution is 2.37. The molecule has 1 aromatic heterocycles. The fourth-order valence-corrected chi connectivity index (χ4v) is 5.05. The minimum Gasteiger partial charge on any atom is -0.335 e. The smallest absolute Gasteiger partial charge is 0.226 e. The number of halogens is 1. The highest BCUT2D eigenvalue weighted by molar-refractivity contribution is 5.80. The number of pyridine rings is 1. The van der Waals surface area contributed by atoms with E-state index in [1.807, 2.05) is 24.4 Å². The molecule has 0 saturated carbocycles. The topological polar surface area (TPSA) is 36.4 Å². The Morgan fingerprint density at radius 1 is 1.17 bits per heavy atom. The van der Waals surface area contributed by atoms with Gasteiger partial charge in [0.05, 0.1) is 6.04 Å². The SMILES string of the molecule is CC(C)C1c2ccc(F)cc2CCN1C(=O)C1CCN(CCc2ccccn2)CC1. The molecule has 30 heavy (non-hydrogen) atoms. The average molecular weight is 410 g/mol. The third-order valence-electron chi connectivity index (χ3n) is 6.64. The number of hydrogen-bond donors (Lipinski definition) is 0. The van der Waals surface area contributed by atoms with Gasteiger partial charge in [0, 0.05) is 37.3 Å². The van der Waals surface area contributed by atoms with Crippen molar-refractivity contribution in [2.45, 2.75) is 45.6 Å². The predicted octanol–water partition coefficient (Wildman–Crippen LogP) is 4.26. The van der Waals surface area contributed by atoms with E-state index in [0.29, 0.717) is 12.5 Å². The number of benzene rings is 1. The summed E-state index contributed by atoms with van der Waals surface area (Å²) >= 11 is 0. The van der Waals surface area contributed by atoms with Crippen LogP contribution in [0.3, 0.4) is 0 Å². The van der Waals surface area contributed by atoms with Gasteiger partial charge in [0.25, 0.3) is 0 Å². The van der Waals surface area contributed by atoms with Crippen molar-refractivity contribution in [2.24, 2.45) is 11.8 Å². The summed E-state index contributed by atoms with van der Waals surface area (Å²) in [7, 11) is 0. The molecular formula is C25H32FN3O. The molecule has 0 bridgehead atoms. The zero-order chi connectivity index (χ0) is 21.1. The maximum Gasteiger partial charge on any atom is 0.226 e. The van der Waals surface area contributed by atoms with Crippen LogP contribution in [0.4, 0.5) is 4.39 Å². The van der Waals surface area contributed by atoms with Gasteiger partial charge in [0.1, 0.15) is 5.82 Å². The Hall–Kier alpha value is -2.27. The number of rotatable bonds is 5. The number of hydrogen-bond acceptors (Lipinski definition) is 3. The summed E-state index contributed by atoms with van der Waals surface area (Å²) in [6, 6.07) is 11.2. The molecule has 2 aliphatic rings. The van der Waals surface area contributed by atoms with Crippen molar-refractivity contribution < 1.29 is 9.18 Å². The third-order valence-corrected chi connectivity index (χ3v) is 6.64. The third kappa shape index (κ3) is 4.56. The van der Waals surface area contributed by atoms with Crippen molar-refractivity contribution in [3.05, 3.63) is 65.2 Å². The van der Waals surface area contributed by atoms with E-state index >= 15 is 0 Å². The molecule has 5 heteroatoms. The van der Waals surface area contributed by atoms with Gasteiger partial charge in [-0.05, 0) is 73.7 Å². The number of aromatic nitrogens is 1. The molecule has 0 spiro atoms. The molecular weight excluding hydrogens is 377 g/mol. The highest BCUT2D eigenvalue weighted by atomic mass is 19.1. The summed E-state index contributed by atoms with van der Waals surface area (Å²) in [6.45, 7) is 7.93. The molecule has 1 atom stereocenters. The van der Waals surface area contributed by atoms with Gasteiger partial charge in [-0.25, -0.2) is 4.39 Å². The normalized spacial score (nSPS) is 20.4. The lowest BCUT2D eigenvalue weighted by Gasteiger charge is -2.42. The van der Waals surface area contributed by atoms with Gasteiger partial charge in [0.15, 0.2) is 0 Å². The zero-order valence-corrected chi connectivity index (χ0v) is 18.1. The van der Waals surface area contributed by atoms with Crippen LogP contribution in [0.1, 0.15) is 49.6 Å². The summed E-state index contributed by atoms with van der Waals surface area (Å²) in [5, 5.41) is 0. The standard InChI is InChI=1S/C25H32FN3O/c1-18(2)24-23-7-6-21(26)17-20(23)10-16-29(24)25(30)19-8-13-28(14-9-19)15-11-22-5-3-4-12-27-22/h3-7,12,17-19,24H,8-11,13-16H2,1-2H3. The summed E-state index contributed by atoms with van der Waals surface area (Å²) in [5.74, 6) is 0.499. The lowest BCUT2D eigenvalue weighted by molar-refractivity contribution is -0.141. The minimum atomic E-state index is -0.186. The maximum atomic E-state index is 13.7. The molecule has 4 rings (SSSR count). The van der Waals surface area contributed by atoms with Crippen molar-refractivity contribution in [2.75, 3.05) is 26.2 Å². The summed E-state index contributed by atoms with van der Waals surface area (Å²) < 4.78 is 13.7. The molecule has 1 saturated heterocycles. The van der Waals surface area contributed by atoms with Gasteiger partial charge in [-0.3, -0.25) is 9.78 Å². The van der Waals surface area contributed by atoms with Crippen LogP contribution in [-0.2, 0) is 17.6 Å². The largest absolute Gasteiger partial charge is 0.335 e. The number of nitrogens with zero attached hydrogens (tertiary/aromatic N) is 3. The number of carbonyl (C=O) groups excluding carboxylic acids is 1. The van der Waals surface area contributed by atoms with Gasteiger partial charge in [0.2, 0.25) is 5.91 Å². The summed E-state index contributed by atoms with van der Waals surface area (Å²) in [6.07, 6.45) is 5.37. The van der Waals surface area contributed by atoms with E-state index in [0.717, 1.165) is 62.1 Å². The fourth-order valence-electron chi connectivity index (χ4n) is 5.05. The van der Waals surface area contributed by atoms with Crippen molar-refractivity contribution in [3.63, 3.8) is 0 Å². The van der Waals surface area contributed by atoms with E-state index < -0.39 is 0 Å². The number of likely N-dealkylation sites (tertiary alicyclic amines) is 1. The van der Waals surface area contributed by atoms with Crippen molar-refractivity contribution in [1.82, 2.24) is 14.8 Å². The maximum absolute atomic E-state index is 13.7. The molecule has 0 aliphatic carbocycles. The molecule has 1 unspecified atom stereocenters. The van der Waals surface area contributed by atoms with Crippen LogP contribution < -0.4 is 0 Å². The molecule has 1 fully saturated rings. The molecule has 2 aromatic rings. The Labute approximate surface area is 179 Å². The average Bonchev–Trinajstić information content (AvgIpc) is 2.77. The monoisotopic (exact) mass is 409 g/mol. The van der Waals surface area contributed by atoms with Crippen LogP contribution in [-0.4, -0.2) is 46.9 Å². The quantitative estimate of drug-likeness (QED) is 0.740. The number of amides is 1. The second-order valence-corrected chi connectivity index (χ2v) is 9.00. The van der Waals surface area contributed by atoms with Crippen LogP contribution in [0.15, 0.2) is 42.6 Å². The van der Waals surface area contributed by atoms with Gasteiger partial charge >= 0.3 is 0 Å². The van der Waals surface area contributed by atoms with E-state index in [-0.39, 0.29) is 23.7 Å². The van der Waals surface area contributed by atoms with Crippen LogP contribution in [0.25, 0.3) is 0 Å². The van der Waals surface area contributed by atoms with Crippen molar-refractivity contribution in [3.8, 4) is 0 Å². The van der Waals surface area contributed by atoms with Crippen molar-refractivity contribution >= 4 is 5.91 Å². The van der Waals surface area contributed by atoms with E-state index in [2.05, 4.69) is 34.7 Å². The fraction of sp³-hybridized carbons (Fsp3) is 0.520. The molecule has 160 valence electrons. The second-order valence-electron chi connectivity index (χ2n) is 9.00. The molecule has 1 amide bonds. The molecule has 2 aliphatic heterocycles. The van der Waals surface area contributed by atoms with Gasteiger partial charge < -0.3 is 9.80 Å². The Morgan fingerprint density at radius 3 is 2.67 bits per heavy atom. The van der Waals surface area contributed by atoms with Crippen LogP contribution >= 0.6 is 0 Å². The Balaban J connectivity index is 1.37. The lowest BCUT2D eigenvalue weighted by atomic mass is 9.84. The Bertz CT molecular complexity index is 862. The van der Waals surface area contributed by atoms with Gasteiger partial charge in [-0.15, -0.1) is 0 Å². The molecule has 0 radical (unpaired) electrons. The van der Waals surface area contributed by atoms with Crippen LogP contribution in [0, 0.1) is 17.7 Å². The first-order valence-electron chi connectivity index (χ1n) is 11.2. The summed E-state index contributed by atoms with van der Waals surface area (Å²) in [5.41, 5.74) is 3.31. The van der Waals surface area contributed by atoms with Crippen LogP contribution in [0.5, 0.6) is 0 Å². The zero-order valence-electron chi connectivity index (χ0n) is 18.1. The lowest BCUT2D eigenvalue weighted by Crippen LogP contribution is -2.47. The van der Waals surface area contributed by atoms with E-state index in [9.17, 15) is 9.18 Å². The number of carbonyl (C=O) groups is 1. The van der Waals surface area contributed by atoms with Gasteiger partial charge in [-0.1, -0.05) is 26.0 Å². The Kier molecular flexibility index (Phi) is 6.47. The van der Waals surface area contributed by atoms with Crippen molar-refractivity contribution in [1.29, 1.82) is 0 Å². The number of piperidine rings is 1. The minimum absolute atomic E-state index is 0.0454. The summed E-state index contributed by atoms with van der Waals surface area (Å²) in [4.78, 5) is 22.4. The second kappa shape index (κ2) is 9.25. The highest BCUT2D eigenvalue weighted by Gasteiger charge is 2.37. The molecule has 1 aromatic carbocycles. The molecule has 0 N–H and O–H groups in total. The molecule has 3 heterocycles. The van der Waals surface area contributed by atoms with E-state index in [1.54, 1.807) is 6.07 Å². The van der Waals surface area contributed by atoms with Gasteiger partial charge in [-0.2, -0.15) is 0 Å². The molecule has 4 nitrogen and oxygen atoms in total. The first kappa shape index (κ1) is 21.0. The van der Waals surface area contributed by atoms with E-state index in [1.165, 1.54) is 6.07 Å². The number of fused-ring (bicyclic) bond motifs is 1. The first-order chi connectivity index (χ1) is 14.5. The van der Waals surface area contributed by atoms with E-state index in [4.69, 9.17) is 0 Å². The predicted molar refractivity (Wildman–Crippen MR) is 117 cm³/mol. The first-order valence-corrected chi connectivity index (χ1v) is 11.2. The van der Waals surface area contributed by atoms with Crippen LogP contribution in [0.2, 0.25) is 0 Å². The Morgan fingerprint density at radius 2 is 1.97 bits per heavy atom.